The first-order chi connectivity index (χ1) is 6.57. The second-order valence-corrected chi connectivity index (χ2v) is 2.62. The number of aromatic hydroxyl groups is 1. The summed E-state index contributed by atoms with van der Waals surface area (Å²) in [6.07, 6.45) is -1.86. The maximum Gasteiger partial charge on any atom is 1.00 e. The second kappa shape index (κ2) is 5.97. The molecule has 1 unspecified atom stereocenters. The van der Waals surface area contributed by atoms with E-state index in [-0.39, 0.29) is 40.9 Å². The molecule has 2 N–H and O–H groups in total. The van der Waals surface area contributed by atoms with Crippen molar-refractivity contribution in [3.05, 3.63) is 23.8 Å². The number of methoxy groups -OCH3 is 1. The number of para-hydroxylation sites is 1. The monoisotopic (exact) mass is 220 g/mol. The van der Waals surface area contributed by atoms with Crippen LogP contribution in [0.1, 0.15) is 11.7 Å². The van der Waals surface area contributed by atoms with E-state index in [0.29, 0.717) is 0 Å². The maximum atomic E-state index is 10.3. The molecule has 0 heterocycles. The van der Waals surface area contributed by atoms with Gasteiger partial charge in [-0.2, -0.15) is 0 Å². The minimum absolute atomic E-state index is 0. The number of aliphatic hydroxyl groups excluding tert-OH is 1. The summed E-state index contributed by atoms with van der Waals surface area (Å²) < 4.78 is 4.74. The van der Waals surface area contributed by atoms with Crippen LogP contribution in [0.15, 0.2) is 18.2 Å². The van der Waals surface area contributed by atoms with Crippen molar-refractivity contribution in [2.24, 2.45) is 0 Å². The Morgan fingerprint density at radius 2 is 2.13 bits per heavy atom. The fourth-order valence-electron chi connectivity index (χ4n) is 1.05. The molecule has 0 bridgehead atoms. The van der Waals surface area contributed by atoms with Crippen LogP contribution < -0.4 is 39.4 Å². The van der Waals surface area contributed by atoms with Crippen LogP contribution in [-0.2, 0) is 4.79 Å². The number of phenols is 1. The molecule has 0 spiro atoms. The number of carboxylic acid groups (broad SMARTS) is 1. The van der Waals surface area contributed by atoms with Crippen LogP contribution in [0.25, 0.3) is 0 Å². The van der Waals surface area contributed by atoms with Crippen LogP contribution >= 0.6 is 0 Å². The van der Waals surface area contributed by atoms with Crippen LogP contribution in [0.5, 0.6) is 11.5 Å². The van der Waals surface area contributed by atoms with Crippen LogP contribution in [0, 0.1) is 0 Å². The Kier molecular flexibility index (Phi) is 5.67. The van der Waals surface area contributed by atoms with Crippen molar-refractivity contribution in [1.29, 1.82) is 0 Å². The van der Waals surface area contributed by atoms with Gasteiger partial charge in [-0.1, -0.05) is 12.1 Å². The van der Waals surface area contributed by atoms with Crippen molar-refractivity contribution < 1.29 is 54.4 Å². The summed E-state index contributed by atoms with van der Waals surface area (Å²) in [6.45, 7) is 0. The number of hydrogen-bond acceptors (Lipinski definition) is 5. The molecule has 6 heteroatoms. The molecule has 76 valence electrons. The third-order valence-electron chi connectivity index (χ3n) is 1.77. The number of rotatable bonds is 3. The molecule has 0 aliphatic carbocycles. The zero-order valence-electron chi connectivity index (χ0n) is 8.43. The SMILES string of the molecule is COc1cccc(C(O)C(=O)[O-])c1O.[Na+]. The van der Waals surface area contributed by atoms with Gasteiger partial charge in [0.2, 0.25) is 0 Å². The summed E-state index contributed by atoms with van der Waals surface area (Å²) in [6, 6.07) is 4.18. The van der Waals surface area contributed by atoms with E-state index in [1.807, 2.05) is 0 Å². The molecule has 1 aromatic carbocycles. The van der Waals surface area contributed by atoms with Crippen LogP contribution in [0.3, 0.4) is 0 Å². The number of hydrogen-bond donors (Lipinski definition) is 2. The molecule has 5 nitrogen and oxygen atoms in total. The Bertz CT molecular complexity index is 352. The molecule has 1 aromatic rings. The largest absolute Gasteiger partial charge is 1.00 e. The van der Waals surface area contributed by atoms with E-state index in [1.54, 1.807) is 0 Å². The molecule has 0 aliphatic heterocycles. The maximum absolute atomic E-state index is 10.3. The van der Waals surface area contributed by atoms with Gasteiger partial charge in [0, 0.05) is 5.56 Å². The zero-order valence-corrected chi connectivity index (χ0v) is 10.4. The molecule has 0 aromatic heterocycles. The standard InChI is InChI=1S/C9H10O5.Na/c1-14-6-4-2-3-5(7(6)10)8(11)9(12)13;/h2-4,8,10-11H,1H3,(H,12,13);/q;+1/p-1. The molecular weight excluding hydrogens is 211 g/mol. The minimum Gasteiger partial charge on any atom is -0.547 e. The molecular formula is C9H9NaO5. The van der Waals surface area contributed by atoms with Crippen molar-refractivity contribution in [2.45, 2.75) is 6.10 Å². The predicted octanol–water partition coefficient (Wildman–Crippen LogP) is -3.81. The number of aliphatic carboxylic acids is 1. The van der Waals surface area contributed by atoms with Gasteiger partial charge in [0.15, 0.2) is 11.5 Å². The fraction of sp³-hybridized carbons (Fsp3) is 0.222. The summed E-state index contributed by atoms with van der Waals surface area (Å²) >= 11 is 0. The molecule has 0 aliphatic rings. The smallest absolute Gasteiger partial charge is 0.547 e. The van der Waals surface area contributed by atoms with E-state index in [2.05, 4.69) is 0 Å². The first-order valence-electron chi connectivity index (χ1n) is 3.82. The Morgan fingerprint density at radius 1 is 1.53 bits per heavy atom. The molecule has 0 amide bonds. The molecule has 1 rings (SSSR count). The number of ether oxygens (including phenoxy) is 1. The normalized spacial score (nSPS) is 11.3. The second-order valence-electron chi connectivity index (χ2n) is 2.62. The molecule has 0 radical (unpaired) electrons. The summed E-state index contributed by atoms with van der Waals surface area (Å²) in [7, 11) is 1.32. The predicted molar refractivity (Wildman–Crippen MR) is 44.6 cm³/mol. The van der Waals surface area contributed by atoms with Gasteiger partial charge in [0.25, 0.3) is 0 Å². The van der Waals surface area contributed by atoms with E-state index in [1.165, 1.54) is 25.3 Å². The summed E-state index contributed by atoms with van der Waals surface area (Å²) in [5, 5.41) is 28.9. The average molecular weight is 220 g/mol. The number of carbonyl (C=O) groups is 1. The summed E-state index contributed by atoms with van der Waals surface area (Å²) in [5.41, 5.74) is -0.149. The molecule has 15 heavy (non-hydrogen) atoms. The third-order valence-corrected chi connectivity index (χ3v) is 1.77. The van der Waals surface area contributed by atoms with Crippen molar-refractivity contribution in [3.8, 4) is 11.5 Å². The van der Waals surface area contributed by atoms with Crippen LogP contribution in [0.2, 0.25) is 0 Å². The molecule has 0 saturated carbocycles. The number of aliphatic hydroxyl groups is 1. The van der Waals surface area contributed by atoms with Gasteiger partial charge in [0.05, 0.1) is 13.1 Å². The van der Waals surface area contributed by atoms with Gasteiger partial charge in [-0.05, 0) is 6.07 Å². The Morgan fingerprint density at radius 3 is 2.60 bits per heavy atom. The quantitative estimate of drug-likeness (QED) is 0.510. The Labute approximate surface area is 109 Å². The van der Waals surface area contributed by atoms with Crippen LogP contribution in [0.4, 0.5) is 0 Å². The van der Waals surface area contributed by atoms with Gasteiger partial charge in [0.1, 0.15) is 6.10 Å². The minimum atomic E-state index is -1.86. The van der Waals surface area contributed by atoms with Gasteiger partial charge < -0.3 is 24.9 Å². The van der Waals surface area contributed by atoms with Crippen LogP contribution in [-0.4, -0.2) is 23.3 Å². The number of benzene rings is 1. The van der Waals surface area contributed by atoms with Gasteiger partial charge in [-0.25, -0.2) is 0 Å². The molecule has 0 fully saturated rings. The van der Waals surface area contributed by atoms with Gasteiger partial charge >= 0.3 is 29.6 Å². The van der Waals surface area contributed by atoms with Crippen molar-refractivity contribution in [1.82, 2.24) is 0 Å². The first kappa shape index (κ1) is 14.2. The molecule has 1 atom stereocenters. The molecule has 0 saturated heterocycles. The van der Waals surface area contributed by atoms with E-state index in [9.17, 15) is 15.0 Å². The van der Waals surface area contributed by atoms with E-state index >= 15 is 0 Å². The van der Waals surface area contributed by atoms with Crippen molar-refractivity contribution in [2.75, 3.05) is 7.11 Å². The van der Waals surface area contributed by atoms with E-state index in [0.717, 1.165) is 0 Å². The van der Waals surface area contributed by atoms with Gasteiger partial charge in [-0.3, -0.25) is 0 Å². The van der Waals surface area contributed by atoms with Crippen molar-refractivity contribution >= 4 is 5.97 Å². The fourth-order valence-corrected chi connectivity index (χ4v) is 1.05. The summed E-state index contributed by atoms with van der Waals surface area (Å²) in [5.74, 6) is -1.97. The topological polar surface area (TPSA) is 89.8 Å². The van der Waals surface area contributed by atoms with E-state index < -0.39 is 17.8 Å². The number of carboxylic acids is 1. The Balaban J connectivity index is 0.00000196. The first-order valence-corrected chi connectivity index (χ1v) is 3.82. The third kappa shape index (κ3) is 3.10. The average Bonchev–Trinajstić information content (AvgIpc) is 2.17. The van der Waals surface area contributed by atoms with Crippen molar-refractivity contribution in [3.63, 3.8) is 0 Å². The number of carbonyl (C=O) groups excluding carboxylic acids is 1. The Hall–Kier alpha value is -0.750. The zero-order chi connectivity index (χ0) is 10.7. The van der Waals surface area contributed by atoms with Gasteiger partial charge in [-0.15, -0.1) is 0 Å². The van der Waals surface area contributed by atoms with E-state index in [4.69, 9.17) is 9.84 Å². The summed E-state index contributed by atoms with van der Waals surface area (Å²) in [4.78, 5) is 10.3. The number of phenolic OH excluding ortho intramolecular Hbond substituents is 1.